The van der Waals surface area contributed by atoms with Gasteiger partial charge in [0.25, 0.3) is 0 Å². The minimum Gasteiger partial charge on any atom is -0.0851 e. The van der Waals surface area contributed by atoms with E-state index in [1.807, 2.05) is 0 Å². The van der Waals surface area contributed by atoms with Gasteiger partial charge in [-0.25, -0.2) is 0 Å². The van der Waals surface area contributed by atoms with Crippen LogP contribution in [0.1, 0.15) is 76.3 Å². The second-order valence-corrected chi connectivity index (χ2v) is 8.66. The van der Waals surface area contributed by atoms with E-state index in [0.29, 0.717) is 0 Å². The molecule has 0 amide bonds. The van der Waals surface area contributed by atoms with Crippen molar-refractivity contribution in [1.29, 1.82) is 0 Å². The molecule has 2 aromatic rings. The number of hydrogen-bond acceptors (Lipinski definition) is 0. The third-order valence-electron chi connectivity index (χ3n) is 6.33. The molecule has 0 N–H and O–H groups in total. The van der Waals surface area contributed by atoms with Crippen LogP contribution in [-0.2, 0) is 12.8 Å². The number of rotatable bonds is 10. The van der Waals surface area contributed by atoms with Crippen LogP contribution in [0, 0.1) is 11.8 Å². The molecule has 150 valence electrons. The Labute approximate surface area is 173 Å². The smallest absolute Gasteiger partial charge is 0.0184 e. The van der Waals surface area contributed by atoms with Crippen LogP contribution in [0.5, 0.6) is 0 Å². The van der Waals surface area contributed by atoms with E-state index >= 15 is 0 Å². The van der Waals surface area contributed by atoms with Gasteiger partial charge in [0.05, 0.1) is 0 Å². The number of unbranched alkanes of at least 4 members (excludes halogenated alkanes) is 2. The van der Waals surface area contributed by atoms with Crippen LogP contribution in [0.3, 0.4) is 0 Å². The molecule has 0 saturated carbocycles. The Balaban J connectivity index is 1.46. The highest BCUT2D eigenvalue weighted by Gasteiger charge is 2.15. The first-order valence-electron chi connectivity index (χ1n) is 11.6. The van der Waals surface area contributed by atoms with Gasteiger partial charge in [-0.2, -0.15) is 0 Å². The summed E-state index contributed by atoms with van der Waals surface area (Å²) in [6.07, 6.45) is 18.2. The summed E-state index contributed by atoms with van der Waals surface area (Å²) in [5, 5.41) is 0. The van der Waals surface area contributed by atoms with E-state index in [9.17, 15) is 0 Å². The number of hydrogen-bond donors (Lipinski definition) is 0. The summed E-state index contributed by atoms with van der Waals surface area (Å²) >= 11 is 0. The molecule has 0 fully saturated rings. The summed E-state index contributed by atoms with van der Waals surface area (Å²) in [6.45, 7) is 4.53. The van der Waals surface area contributed by atoms with Crippen LogP contribution >= 0.6 is 0 Å². The summed E-state index contributed by atoms with van der Waals surface area (Å²) in [6, 6.07) is 18.3. The van der Waals surface area contributed by atoms with E-state index in [-0.39, 0.29) is 0 Å². The van der Waals surface area contributed by atoms with E-state index < -0.39 is 0 Å². The lowest BCUT2D eigenvalue weighted by molar-refractivity contribution is 0.410. The molecule has 0 nitrogen and oxygen atoms in total. The van der Waals surface area contributed by atoms with E-state index in [2.05, 4.69) is 74.5 Å². The normalized spacial score (nSPS) is 19.1. The Hall–Kier alpha value is -1.82. The maximum absolute atomic E-state index is 2.52. The van der Waals surface area contributed by atoms with Gasteiger partial charge in [-0.05, 0) is 72.6 Å². The first-order chi connectivity index (χ1) is 13.8. The topological polar surface area (TPSA) is 0 Å². The number of aryl methyl sites for hydroxylation is 2. The zero-order valence-electron chi connectivity index (χ0n) is 18.0. The van der Waals surface area contributed by atoms with E-state index in [1.54, 1.807) is 0 Å². The third-order valence-corrected chi connectivity index (χ3v) is 6.33. The summed E-state index contributed by atoms with van der Waals surface area (Å²) in [5.74, 6) is 1.64. The highest BCUT2D eigenvalue weighted by Crippen LogP contribution is 2.29. The molecule has 0 aliphatic heterocycles. The van der Waals surface area contributed by atoms with Gasteiger partial charge in [0.15, 0.2) is 0 Å². The second kappa shape index (κ2) is 11.2. The minimum absolute atomic E-state index is 0.785. The lowest BCUT2D eigenvalue weighted by Gasteiger charge is -2.23. The molecule has 3 rings (SSSR count). The van der Waals surface area contributed by atoms with Gasteiger partial charge in [0.1, 0.15) is 0 Å². The van der Waals surface area contributed by atoms with Crippen molar-refractivity contribution in [2.75, 3.05) is 0 Å². The van der Waals surface area contributed by atoms with Crippen molar-refractivity contribution in [2.24, 2.45) is 11.8 Å². The summed E-state index contributed by atoms with van der Waals surface area (Å²) < 4.78 is 0. The van der Waals surface area contributed by atoms with Gasteiger partial charge >= 0.3 is 0 Å². The van der Waals surface area contributed by atoms with Crippen LogP contribution in [0.2, 0.25) is 0 Å². The lowest BCUT2D eigenvalue weighted by atomic mass is 9.83. The fourth-order valence-corrected chi connectivity index (χ4v) is 4.44. The SMILES string of the molecule is CCCCCC1C=CC(CCc2ccc(-c3ccc(CCC)cc3)cc2)CC1. The van der Waals surface area contributed by atoms with Gasteiger partial charge in [-0.3, -0.25) is 0 Å². The summed E-state index contributed by atoms with van der Waals surface area (Å²) in [4.78, 5) is 0. The fourth-order valence-electron chi connectivity index (χ4n) is 4.44. The Morgan fingerprint density at radius 2 is 1.14 bits per heavy atom. The van der Waals surface area contributed by atoms with Gasteiger partial charge in [-0.15, -0.1) is 0 Å². The first kappa shape index (κ1) is 20.9. The first-order valence-corrected chi connectivity index (χ1v) is 11.6. The highest BCUT2D eigenvalue weighted by molar-refractivity contribution is 5.64. The largest absolute Gasteiger partial charge is 0.0851 e. The Morgan fingerprint density at radius 3 is 1.64 bits per heavy atom. The predicted octanol–water partition coefficient (Wildman–Crippen LogP) is 8.40. The van der Waals surface area contributed by atoms with Crippen molar-refractivity contribution in [3.05, 3.63) is 71.8 Å². The molecule has 0 aromatic heterocycles. The van der Waals surface area contributed by atoms with Crippen molar-refractivity contribution in [2.45, 2.75) is 78.1 Å². The monoisotopic (exact) mass is 374 g/mol. The summed E-state index contributed by atoms with van der Waals surface area (Å²) in [7, 11) is 0. The Morgan fingerprint density at radius 1 is 0.607 bits per heavy atom. The molecule has 0 radical (unpaired) electrons. The second-order valence-electron chi connectivity index (χ2n) is 8.66. The van der Waals surface area contributed by atoms with Gasteiger partial charge in [0.2, 0.25) is 0 Å². The predicted molar refractivity (Wildman–Crippen MR) is 124 cm³/mol. The molecule has 2 atom stereocenters. The molecule has 2 aromatic carbocycles. The van der Waals surface area contributed by atoms with Crippen molar-refractivity contribution < 1.29 is 0 Å². The molecule has 28 heavy (non-hydrogen) atoms. The average Bonchev–Trinajstić information content (AvgIpc) is 2.75. The van der Waals surface area contributed by atoms with E-state index in [4.69, 9.17) is 0 Å². The van der Waals surface area contributed by atoms with Gasteiger partial charge < -0.3 is 0 Å². The lowest BCUT2D eigenvalue weighted by Crippen LogP contribution is -2.09. The summed E-state index contributed by atoms with van der Waals surface area (Å²) in [5.41, 5.74) is 5.58. The van der Waals surface area contributed by atoms with E-state index in [1.165, 1.54) is 86.5 Å². The molecular formula is C28H38. The molecule has 0 saturated heterocycles. The van der Waals surface area contributed by atoms with Crippen LogP contribution in [0.15, 0.2) is 60.7 Å². The quantitative estimate of drug-likeness (QED) is 0.289. The van der Waals surface area contributed by atoms with Crippen molar-refractivity contribution in [3.8, 4) is 11.1 Å². The van der Waals surface area contributed by atoms with Crippen LogP contribution in [0.4, 0.5) is 0 Å². The average molecular weight is 375 g/mol. The number of allylic oxidation sites excluding steroid dienone is 2. The van der Waals surface area contributed by atoms with Gasteiger partial charge in [0, 0.05) is 0 Å². The zero-order chi connectivity index (χ0) is 19.6. The van der Waals surface area contributed by atoms with E-state index in [0.717, 1.165) is 11.8 Å². The molecule has 0 heteroatoms. The van der Waals surface area contributed by atoms with Crippen LogP contribution in [0.25, 0.3) is 11.1 Å². The highest BCUT2D eigenvalue weighted by atomic mass is 14.2. The zero-order valence-corrected chi connectivity index (χ0v) is 18.0. The number of benzene rings is 2. The Bertz CT molecular complexity index is 705. The Kier molecular flexibility index (Phi) is 8.40. The molecule has 1 aliphatic rings. The molecule has 0 heterocycles. The minimum atomic E-state index is 0.785. The fraction of sp³-hybridized carbons (Fsp3) is 0.500. The molecular weight excluding hydrogens is 336 g/mol. The molecule has 2 unspecified atom stereocenters. The van der Waals surface area contributed by atoms with Crippen LogP contribution < -0.4 is 0 Å². The van der Waals surface area contributed by atoms with Crippen molar-refractivity contribution >= 4 is 0 Å². The van der Waals surface area contributed by atoms with Crippen molar-refractivity contribution in [3.63, 3.8) is 0 Å². The van der Waals surface area contributed by atoms with Crippen molar-refractivity contribution in [1.82, 2.24) is 0 Å². The van der Waals surface area contributed by atoms with Gasteiger partial charge in [-0.1, -0.05) is 100 Å². The maximum Gasteiger partial charge on any atom is -0.0184 e. The molecule has 1 aliphatic carbocycles. The maximum atomic E-state index is 2.52. The van der Waals surface area contributed by atoms with Crippen LogP contribution in [-0.4, -0.2) is 0 Å². The molecule has 0 bridgehead atoms. The molecule has 0 spiro atoms. The third kappa shape index (κ3) is 6.36. The standard InChI is InChI=1S/C28H38/c1-3-5-6-8-24-9-11-25(12-10-24)13-14-26-17-21-28(22-18-26)27-19-15-23(7-4-2)16-20-27/h9,11,15-22,24-25H,3-8,10,12-14H2,1-2H3.